The minimum Gasteiger partial charge on any atom is -0.321 e. The molecule has 1 N–H and O–H groups in total. The lowest BCUT2D eigenvalue weighted by atomic mass is 10.1. The van der Waals surface area contributed by atoms with Crippen LogP contribution < -0.4 is 5.32 Å². The van der Waals surface area contributed by atoms with E-state index in [0.29, 0.717) is 28.2 Å². The largest absolute Gasteiger partial charge is 0.321 e. The second-order valence-corrected chi connectivity index (χ2v) is 6.33. The highest BCUT2D eigenvalue weighted by atomic mass is 19.1. The second-order valence-electron chi connectivity index (χ2n) is 6.33. The monoisotopic (exact) mass is 391 g/mol. The number of carbonyl (C=O) groups is 1. The van der Waals surface area contributed by atoms with Crippen LogP contribution >= 0.6 is 0 Å². The van der Waals surface area contributed by atoms with Gasteiger partial charge in [-0.2, -0.15) is 0 Å². The van der Waals surface area contributed by atoms with Crippen molar-refractivity contribution in [2.75, 3.05) is 5.32 Å². The molecule has 4 aromatic rings. The van der Waals surface area contributed by atoms with Gasteiger partial charge in [0.1, 0.15) is 17.3 Å². The number of pyridine rings is 1. The molecule has 0 atom stereocenters. The predicted octanol–water partition coefficient (Wildman–Crippen LogP) is 4.17. The number of halogens is 2. The molecule has 2 heterocycles. The van der Waals surface area contributed by atoms with Crippen molar-refractivity contribution in [2.45, 2.75) is 6.92 Å². The number of anilines is 1. The minimum atomic E-state index is -0.513. The van der Waals surface area contributed by atoms with E-state index in [9.17, 15) is 13.6 Å². The Hall–Kier alpha value is -3.94. The van der Waals surface area contributed by atoms with Crippen molar-refractivity contribution in [3.8, 4) is 16.9 Å². The second kappa shape index (κ2) is 7.59. The van der Waals surface area contributed by atoms with E-state index in [-0.39, 0.29) is 11.5 Å². The van der Waals surface area contributed by atoms with Crippen molar-refractivity contribution in [1.82, 2.24) is 20.0 Å². The van der Waals surface area contributed by atoms with E-state index in [2.05, 4.69) is 20.6 Å². The van der Waals surface area contributed by atoms with Gasteiger partial charge in [-0.3, -0.25) is 9.78 Å². The first-order chi connectivity index (χ1) is 14.0. The fourth-order valence-electron chi connectivity index (χ4n) is 2.86. The lowest BCUT2D eigenvalue weighted by molar-refractivity contribution is 0.102. The third-order valence-electron chi connectivity index (χ3n) is 4.31. The van der Waals surface area contributed by atoms with Gasteiger partial charge in [0.25, 0.3) is 5.91 Å². The van der Waals surface area contributed by atoms with Gasteiger partial charge < -0.3 is 5.32 Å². The Morgan fingerprint density at radius 3 is 2.55 bits per heavy atom. The Morgan fingerprint density at radius 1 is 1.07 bits per heavy atom. The number of rotatable bonds is 4. The molecule has 0 bridgehead atoms. The molecule has 0 radical (unpaired) electrons. The average molecular weight is 391 g/mol. The molecular formula is C21H15F2N5O. The van der Waals surface area contributed by atoms with Crippen LogP contribution in [0.2, 0.25) is 0 Å². The van der Waals surface area contributed by atoms with Gasteiger partial charge in [0, 0.05) is 23.6 Å². The zero-order valence-corrected chi connectivity index (χ0v) is 15.3. The molecule has 8 heteroatoms. The van der Waals surface area contributed by atoms with Crippen molar-refractivity contribution in [3.05, 3.63) is 89.9 Å². The molecule has 0 saturated carbocycles. The minimum absolute atomic E-state index is 0.0595. The molecule has 6 nitrogen and oxygen atoms in total. The van der Waals surface area contributed by atoms with Crippen LogP contribution in [0, 0.1) is 18.6 Å². The van der Waals surface area contributed by atoms with Crippen LogP contribution in [0.4, 0.5) is 14.5 Å². The number of nitrogens with one attached hydrogen (secondary N) is 1. The van der Waals surface area contributed by atoms with Crippen molar-refractivity contribution < 1.29 is 13.6 Å². The smallest absolute Gasteiger partial charge is 0.278 e. The summed E-state index contributed by atoms with van der Waals surface area (Å²) in [7, 11) is 0. The summed E-state index contributed by atoms with van der Waals surface area (Å²) in [5, 5.41) is 10.8. The Labute approximate surface area is 164 Å². The Balaban J connectivity index is 1.80. The third-order valence-corrected chi connectivity index (χ3v) is 4.31. The summed E-state index contributed by atoms with van der Waals surface area (Å²) >= 11 is 0. The summed E-state index contributed by atoms with van der Waals surface area (Å²) < 4.78 is 28.3. The first-order valence-electron chi connectivity index (χ1n) is 8.72. The standard InChI is InChI=1S/C21H15F2N5O/c1-13-11-17(8-9-18(13)23)28-20(14-3-2-10-24-12-14)19(26-27-28)21(29)25-16-6-4-15(22)5-7-16/h2-12H,1H3,(H,25,29). The summed E-state index contributed by atoms with van der Waals surface area (Å²) in [6.07, 6.45) is 3.19. The maximum absolute atomic E-state index is 13.7. The number of aryl methyl sites for hydroxylation is 1. The van der Waals surface area contributed by atoms with Gasteiger partial charge in [0.05, 0.1) is 5.69 Å². The average Bonchev–Trinajstić information content (AvgIpc) is 3.18. The number of amides is 1. The highest BCUT2D eigenvalue weighted by molar-refractivity contribution is 6.06. The molecule has 2 aromatic heterocycles. The normalized spacial score (nSPS) is 10.7. The zero-order valence-electron chi connectivity index (χ0n) is 15.3. The lowest BCUT2D eigenvalue weighted by Gasteiger charge is -2.09. The van der Waals surface area contributed by atoms with E-state index in [4.69, 9.17) is 0 Å². The summed E-state index contributed by atoms with van der Waals surface area (Å²) in [4.78, 5) is 17.0. The van der Waals surface area contributed by atoms with Crippen LogP contribution in [0.1, 0.15) is 16.1 Å². The number of benzene rings is 2. The van der Waals surface area contributed by atoms with Crippen LogP contribution in [0.15, 0.2) is 67.0 Å². The number of nitrogens with zero attached hydrogens (tertiary/aromatic N) is 4. The van der Waals surface area contributed by atoms with Crippen molar-refractivity contribution in [2.24, 2.45) is 0 Å². The van der Waals surface area contributed by atoms with Crippen molar-refractivity contribution in [1.29, 1.82) is 0 Å². The summed E-state index contributed by atoms with van der Waals surface area (Å²) in [5.41, 5.74) is 2.49. The maximum atomic E-state index is 13.7. The quantitative estimate of drug-likeness (QED) is 0.567. The van der Waals surface area contributed by atoms with Gasteiger partial charge in [-0.05, 0) is 67.1 Å². The fourth-order valence-corrected chi connectivity index (χ4v) is 2.86. The van der Waals surface area contributed by atoms with Crippen LogP contribution in [0.25, 0.3) is 16.9 Å². The molecular weight excluding hydrogens is 376 g/mol. The van der Waals surface area contributed by atoms with E-state index in [0.717, 1.165) is 0 Å². The molecule has 0 aliphatic carbocycles. The van der Waals surface area contributed by atoms with Gasteiger partial charge >= 0.3 is 0 Å². The Morgan fingerprint density at radius 2 is 1.86 bits per heavy atom. The first-order valence-corrected chi connectivity index (χ1v) is 8.72. The number of hydrogen-bond acceptors (Lipinski definition) is 4. The van der Waals surface area contributed by atoms with Gasteiger partial charge in [0.2, 0.25) is 0 Å². The van der Waals surface area contributed by atoms with Crippen LogP contribution in [-0.2, 0) is 0 Å². The molecule has 0 aliphatic rings. The highest BCUT2D eigenvalue weighted by Gasteiger charge is 2.23. The summed E-state index contributed by atoms with van der Waals surface area (Å²) in [5.74, 6) is -1.26. The molecule has 4 rings (SSSR count). The molecule has 0 fully saturated rings. The number of aromatic nitrogens is 4. The molecule has 0 unspecified atom stereocenters. The van der Waals surface area contributed by atoms with Crippen molar-refractivity contribution in [3.63, 3.8) is 0 Å². The Kier molecular flexibility index (Phi) is 4.82. The molecule has 144 valence electrons. The van der Waals surface area contributed by atoms with E-state index in [1.165, 1.54) is 35.0 Å². The molecule has 2 aromatic carbocycles. The SMILES string of the molecule is Cc1cc(-n2nnc(C(=O)Nc3ccc(F)cc3)c2-c2cccnc2)ccc1F. The zero-order chi connectivity index (χ0) is 20.4. The Bertz CT molecular complexity index is 1170. The van der Waals surface area contributed by atoms with Crippen LogP contribution in [0.5, 0.6) is 0 Å². The van der Waals surface area contributed by atoms with Crippen LogP contribution in [-0.4, -0.2) is 25.9 Å². The van der Waals surface area contributed by atoms with Gasteiger partial charge in [0.15, 0.2) is 5.69 Å². The topological polar surface area (TPSA) is 72.7 Å². The summed E-state index contributed by atoms with van der Waals surface area (Å²) in [6, 6.07) is 13.4. The maximum Gasteiger partial charge on any atom is 0.278 e. The number of hydrogen-bond donors (Lipinski definition) is 1. The molecule has 1 amide bonds. The van der Waals surface area contributed by atoms with Gasteiger partial charge in [-0.25, -0.2) is 13.5 Å². The molecule has 0 saturated heterocycles. The third kappa shape index (κ3) is 3.73. The first kappa shape index (κ1) is 18.4. The van der Waals surface area contributed by atoms with Crippen LogP contribution in [0.3, 0.4) is 0 Å². The predicted molar refractivity (Wildman–Crippen MR) is 104 cm³/mol. The van der Waals surface area contributed by atoms with E-state index in [1.807, 2.05) is 0 Å². The van der Waals surface area contributed by atoms with Gasteiger partial charge in [-0.15, -0.1) is 5.10 Å². The van der Waals surface area contributed by atoms with Crippen molar-refractivity contribution >= 4 is 11.6 Å². The lowest BCUT2D eigenvalue weighted by Crippen LogP contribution is -2.14. The van der Waals surface area contributed by atoms with E-state index < -0.39 is 11.7 Å². The fraction of sp³-hybridized carbons (Fsp3) is 0.0476. The molecule has 0 aliphatic heterocycles. The molecule has 29 heavy (non-hydrogen) atoms. The van der Waals surface area contributed by atoms with E-state index in [1.54, 1.807) is 43.6 Å². The summed E-state index contributed by atoms with van der Waals surface area (Å²) in [6.45, 7) is 1.64. The van der Waals surface area contributed by atoms with E-state index >= 15 is 0 Å². The molecule has 0 spiro atoms. The van der Waals surface area contributed by atoms with Gasteiger partial charge in [-0.1, -0.05) is 5.21 Å². The number of carbonyl (C=O) groups excluding carboxylic acids is 1. The highest BCUT2D eigenvalue weighted by Crippen LogP contribution is 2.26.